The molecular formula is C16H11N3O. The van der Waals surface area contributed by atoms with Crippen molar-refractivity contribution in [2.75, 3.05) is 5.01 Å². The van der Waals surface area contributed by atoms with Gasteiger partial charge >= 0.3 is 0 Å². The van der Waals surface area contributed by atoms with E-state index in [0.29, 0.717) is 0 Å². The molecule has 4 rings (SSSR count). The molecule has 0 fully saturated rings. The zero-order chi connectivity index (χ0) is 13.6. The van der Waals surface area contributed by atoms with Gasteiger partial charge in [0.1, 0.15) is 0 Å². The Morgan fingerprint density at radius 2 is 1.55 bits per heavy atom. The standard InChI is InChI=1S/C16H11N3O/c20-15-16(14(18-16)12-7-3-1-4-8-12)11-17-19(15)13-9-5-2-6-10-13/h1-11H. The molecule has 0 aliphatic carbocycles. The molecule has 0 saturated carbocycles. The molecule has 1 amide bonds. The van der Waals surface area contributed by atoms with Crippen LogP contribution in [0.5, 0.6) is 0 Å². The van der Waals surface area contributed by atoms with E-state index in [1.54, 1.807) is 6.21 Å². The van der Waals surface area contributed by atoms with Crippen LogP contribution in [0.25, 0.3) is 0 Å². The van der Waals surface area contributed by atoms with Gasteiger partial charge in [0.05, 0.1) is 17.6 Å². The van der Waals surface area contributed by atoms with E-state index in [1.807, 2.05) is 60.7 Å². The van der Waals surface area contributed by atoms with Crippen LogP contribution in [0, 0.1) is 0 Å². The number of hydrazone groups is 1. The van der Waals surface area contributed by atoms with Gasteiger partial charge in [-0.1, -0.05) is 48.5 Å². The number of hydrogen-bond donors (Lipinski definition) is 0. The molecule has 0 saturated heterocycles. The number of rotatable bonds is 2. The van der Waals surface area contributed by atoms with Gasteiger partial charge in [0.15, 0.2) is 0 Å². The third-order valence-corrected chi connectivity index (χ3v) is 3.53. The first-order valence-electron chi connectivity index (χ1n) is 6.42. The van der Waals surface area contributed by atoms with Crippen LogP contribution >= 0.6 is 0 Å². The highest BCUT2D eigenvalue weighted by atomic mass is 16.2. The Balaban J connectivity index is 1.63. The Morgan fingerprint density at radius 1 is 0.900 bits per heavy atom. The van der Waals surface area contributed by atoms with Gasteiger partial charge in [-0.3, -0.25) is 9.79 Å². The van der Waals surface area contributed by atoms with Crippen LogP contribution in [0.3, 0.4) is 0 Å². The number of carbonyl (C=O) groups is 1. The van der Waals surface area contributed by atoms with Gasteiger partial charge in [-0.05, 0) is 17.7 Å². The second-order valence-electron chi connectivity index (χ2n) is 4.79. The van der Waals surface area contributed by atoms with Crippen molar-refractivity contribution < 1.29 is 4.79 Å². The van der Waals surface area contributed by atoms with E-state index in [2.05, 4.69) is 10.1 Å². The molecule has 20 heavy (non-hydrogen) atoms. The lowest BCUT2D eigenvalue weighted by atomic mass is 9.99. The van der Waals surface area contributed by atoms with Crippen molar-refractivity contribution in [2.24, 2.45) is 10.1 Å². The van der Waals surface area contributed by atoms with Crippen LogP contribution in [-0.4, -0.2) is 23.4 Å². The molecule has 0 aromatic heterocycles. The maximum absolute atomic E-state index is 12.6. The number of carbonyl (C=O) groups excluding carboxylic acids is 1. The summed E-state index contributed by atoms with van der Waals surface area (Å²) in [5.74, 6) is -0.109. The minimum atomic E-state index is -0.864. The highest BCUT2D eigenvalue weighted by Gasteiger charge is 2.58. The lowest BCUT2D eigenvalue weighted by Crippen LogP contribution is -2.36. The highest BCUT2D eigenvalue weighted by molar-refractivity contribution is 6.43. The van der Waals surface area contributed by atoms with Crippen molar-refractivity contribution in [3.8, 4) is 0 Å². The average molecular weight is 261 g/mol. The fraction of sp³-hybridized carbons (Fsp3) is 0.0625. The predicted molar refractivity (Wildman–Crippen MR) is 78.1 cm³/mol. The first-order chi connectivity index (χ1) is 9.81. The Bertz CT molecular complexity index is 737. The third kappa shape index (κ3) is 1.45. The number of amides is 1. The van der Waals surface area contributed by atoms with Crippen LogP contribution in [0.1, 0.15) is 5.56 Å². The summed E-state index contributed by atoms with van der Waals surface area (Å²) in [5.41, 5.74) is 1.67. The number of para-hydroxylation sites is 1. The number of nitrogens with zero attached hydrogens (tertiary/aromatic N) is 3. The Hall–Kier alpha value is -2.75. The fourth-order valence-electron chi connectivity index (χ4n) is 2.43. The van der Waals surface area contributed by atoms with Crippen molar-refractivity contribution in [1.82, 2.24) is 0 Å². The normalized spacial score (nSPS) is 23.3. The number of benzene rings is 2. The quantitative estimate of drug-likeness (QED) is 0.817. The van der Waals surface area contributed by atoms with Crippen molar-refractivity contribution in [3.05, 3.63) is 66.2 Å². The van der Waals surface area contributed by atoms with Gasteiger partial charge in [0, 0.05) is 0 Å². The van der Waals surface area contributed by atoms with Crippen molar-refractivity contribution >= 4 is 23.5 Å². The lowest BCUT2D eigenvalue weighted by Gasteiger charge is -2.13. The van der Waals surface area contributed by atoms with E-state index in [-0.39, 0.29) is 5.91 Å². The smallest absolute Gasteiger partial charge is 0.269 e. The van der Waals surface area contributed by atoms with Gasteiger partial charge in [-0.15, -0.1) is 0 Å². The largest absolute Gasteiger partial charge is 0.287 e. The van der Waals surface area contributed by atoms with E-state index in [0.717, 1.165) is 17.0 Å². The van der Waals surface area contributed by atoms with Gasteiger partial charge in [0.25, 0.3) is 5.91 Å². The van der Waals surface area contributed by atoms with E-state index < -0.39 is 5.54 Å². The van der Waals surface area contributed by atoms with Gasteiger partial charge < -0.3 is 0 Å². The summed E-state index contributed by atoms with van der Waals surface area (Å²) in [7, 11) is 0. The SMILES string of the molecule is O=C1N(c2ccccc2)N=CC12N=C2c1ccccc1. The Kier molecular flexibility index (Phi) is 2.15. The molecule has 2 aliphatic heterocycles. The number of anilines is 1. The van der Waals surface area contributed by atoms with E-state index in [1.165, 1.54) is 5.01 Å². The Morgan fingerprint density at radius 3 is 2.25 bits per heavy atom. The summed E-state index contributed by atoms with van der Waals surface area (Å²) in [5, 5.41) is 5.64. The van der Waals surface area contributed by atoms with Crippen molar-refractivity contribution in [2.45, 2.75) is 5.54 Å². The maximum atomic E-state index is 12.6. The van der Waals surface area contributed by atoms with E-state index in [4.69, 9.17) is 0 Å². The molecule has 2 aromatic rings. The monoisotopic (exact) mass is 261 g/mol. The van der Waals surface area contributed by atoms with Crippen molar-refractivity contribution in [3.63, 3.8) is 0 Å². The van der Waals surface area contributed by atoms with Crippen LogP contribution < -0.4 is 5.01 Å². The zero-order valence-electron chi connectivity index (χ0n) is 10.6. The second-order valence-corrected chi connectivity index (χ2v) is 4.79. The van der Waals surface area contributed by atoms with E-state index >= 15 is 0 Å². The highest BCUT2D eigenvalue weighted by Crippen LogP contribution is 2.38. The molecule has 1 spiro atoms. The summed E-state index contributed by atoms with van der Waals surface area (Å²) in [6.07, 6.45) is 1.63. The molecule has 96 valence electrons. The summed E-state index contributed by atoms with van der Waals surface area (Å²) in [6, 6.07) is 19.1. The lowest BCUT2D eigenvalue weighted by molar-refractivity contribution is -0.118. The Labute approximate surface area is 116 Å². The molecule has 1 unspecified atom stereocenters. The summed E-state index contributed by atoms with van der Waals surface area (Å²) >= 11 is 0. The molecule has 4 nitrogen and oxygen atoms in total. The molecule has 4 heteroatoms. The minimum absolute atomic E-state index is 0.109. The van der Waals surface area contributed by atoms with Crippen LogP contribution in [0.4, 0.5) is 5.69 Å². The predicted octanol–water partition coefficient (Wildman–Crippen LogP) is 2.26. The van der Waals surface area contributed by atoms with E-state index in [9.17, 15) is 4.79 Å². The molecule has 2 heterocycles. The number of hydrogen-bond acceptors (Lipinski definition) is 3. The van der Waals surface area contributed by atoms with Crippen LogP contribution in [-0.2, 0) is 4.79 Å². The first-order valence-corrected chi connectivity index (χ1v) is 6.42. The summed E-state index contributed by atoms with van der Waals surface area (Å²) in [4.78, 5) is 16.9. The van der Waals surface area contributed by atoms with Gasteiger partial charge in [-0.25, -0.2) is 0 Å². The molecule has 0 bridgehead atoms. The number of aliphatic imine (C=N–C) groups is 1. The fourth-order valence-corrected chi connectivity index (χ4v) is 2.43. The topological polar surface area (TPSA) is 45.0 Å². The third-order valence-electron chi connectivity index (χ3n) is 3.53. The molecule has 2 aliphatic rings. The van der Waals surface area contributed by atoms with Gasteiger partial charge in [0.2, 0.25) is 5.54 Å². The van der Waals surface area contributed by atoms with Gasteiger partial charge in [-0.2, -0.15) is 10.1 Å². The molecule has 0 radical (unpaired) electrons. The molecule has 1 atom stereocenters. The second kappa shape index (κ2) is 3.87. The molecule has 2 aromatic carbocycles. The average Bonchev–Trinajstić information content (AvgIpc) is 3.16. The zero-order valence-corrected chi connectivity index (χ0v) is 10.6. The van der Waals surface area contributed by atoms with Crippen LogP contribution in [0.15, 0.2) is 70.8 Å². The summed E-state index contributed by atoms with van der Waals surface area (Å²) in [6.45, 7) is 0. The van der Waals surface area contributed by atoms with Crippen molar-refractivity contribution in [1.29, 1.82) is 0 Å². The summed E-state index contributed by atoms with van der Waals surface area (Å²) < 4.78 is 0. The maximum Gasteiger partial charge on any atom is 0.287 e. The first kappa shape index (κ1) is 11.1. The minimum Gasteiger partial charge on any atom is -0.269 e. The van der Waals surface area contributed by atoms with Crippen LogP contribution in [0.2, 0.25) is 0 Å². The molecular weight excluding hydrogens is 250 g/mol. The molecule has 0 N–H and O–H groups in total.